The van der Waals surface area contributed by atoms with Crippen molar-refractivity contribution in [1.29, 1.82) is 0 Å². The Kier molecular flexibility index (Phi) is 2.93. The Balaban J connectivity index is 2.58. The maximum absolute atomic E-state index is 6.30. The zero-order valence-corrected chi connectivity index (χ0v) is 10.7. The molecule has 1 nitrogen and oxygen atoms in total. The predicted octanol–water partition coefficient (Wildman–Crippen LogP) is 4.23. The molecule has 2 N–H and O–H groups in total. The minimum atomic E-state index is 0.0782. The summed E-state index contributed by atoms with van der Waals surface area (Å²) in [5.41, 5.74) is 10.8. The molecule has 0 radical (unpaired) electrons. The zero-order valence-electron chi connectivity index (χ0n) is 10.7. The van der Waals surface area contributed by atoms with Crippen molar-refractivity contribution >= 4 is 5.69 Å². The molecule has 1 heteroatoms. The van der Waals surface area contributed by atoms with Crippen molar-refractivity contribution in [2.45, 2.75) is 26.2 Å². The van der Waals surface area contributed by atoms with E-state index in [1.54, 1.807) is 0 Å². The molecule has 0 unspecified atom stereocenters. The summed E-state index contributed by atoms with van der Waals surface area (Å²) in [6.45, 7) is 6.56. The lowest BCUT2D eigenvalue weighted by Gasteiger charge is -2.23. The first-order valence-electron chi connectivity index (χ1n) is 5.94. The second-order valence-electron chi connectivity index (χ2n) is 5.38. The summed E-state index contributed by atoms with van der Waals surface area (Å²) in [6, 6.07) is 16.6. The fraction of sp³-hybridized carbons (Fsp3) is 0.250. The molecule has 0 bridgehead atoms. The third kappa shape index (κ3) is 2.33. The van der Waals surface area contributed by atoms with E-state index in [2.05, 4.69) is 51.1 Å². The number of nitrogens with two attached hydrogens (primary N) is 1. The number of para-hydroxylation sites is 1. The molecular weight excluding hydrogens is 206 g/mol. The van der Waals surface area contributed by atoms with Gasteiger partial charge in [0.05, 0.1) is 0 Å². The Morgan fingerprint density at radius 2 is 1.47 bits per heavy atom. The molecule has 0 amide bonds. The van der Waals surface area contributed by atoms with Crippen molar-refractivity contribution in [3.8, 4) is 11.1 Å². The van der Waals surface area contributed by atoms with Crippen LogP contribution in [0.1, 0.15) is 26.3 Å². The third-order valence-electron chi connectivity index (χ3n) is 3.00. The molecule has 88 valence electrons. The number of nitrogen functional groups attached to an aromatic ring is 1. The van der Waals surface area contributed by atoms with Crippen LogP contribution < -0.4 is 5.73 Å². The van der Waals surface area contributed by atoms with Crippen LogP contribution in [-0.4, -0.2) is 0 Å². The Hall–Kier alpha value is -1.76. The van der Waals surface area contributed by atoms with Crippen molar-refractivity contribution in [2.24, 2.45) is 0 Å². The van der Waals surface area contributed by atoms with Gasteiger partial charge >= 0.3 is 0 Å². The first kappa shape index (κ1) is 11.7. The quantitative estimate of drug-likeness (QED) is 0.722. The Labute approximate surface area is 103 Å². The lowest BCUT2D eigenvalue weighted by molar-refractivity contribution is 0.593. The van der Waals surface area contributed by atoms with Gasteiger partial charge in [-0.1, -0.05) is 69.3 Å². The zero-order chi connectivity index (χ0) is 12.5. The maximum atomic E-state index is 6.30. The van der Waals surface area contributed by atoms with E-state index in [1.807, 2.05) is 18.2 Å². The average Bonchev–Trinajstić information content (AvgIpc) is 2.29. The lowest BCUT2D eigenvalue weighted by Crippen LogP contribution is -2.14. The molecule has 17 heavy (non-hydrogen) atoms. The fourth-order valence-electron chi connectivity index (χ4n) is 2.09. The largest absolute Gasteiger partial charge is 0.398 e. The molecule has 0 heterocycles. The average molecular weight is 225 g/mol. The van der Waals surface area contributed by atoms with E-state index < -0.39 is 0 Å². The summed E-state index contributed by atoms with van der Waals surface area (Å²) in [4.78, 5) is 0. The first-order chi connectivity index (χ1) is 8.00. The summed E-state index contributed by atoms with van der Waals surface area (Å²) in [5, 5.41) is 0. The summed E-state index contributed by atoms with van der Waals surface area (Å²) < 4.78 is 0. The van der Waals surface area contributed by atoms with Crippen molar-refractivity contribution in [1.82, 2.24) is 0 Å². The number of rotatable bonds is 1. The molecule has 0 spiro atoms. The van der Waals surface area contributed by atoms with Crippen LogP contribution in [-0.2, 0) is 5.41 Å². The van der Waals surface area contributed by atoms with Gasteiger partial charge in [-0.3, -0.25) is 0 Å². The highest BCUT2D eigenvalue weighted by Gasteiger charge is 2.18. The maximum Gasteiger partial charge on any atom is 0.0431 e. The van der Waals surface area contributed by atoms with Crippen LogP contribution in [0.4, 0.5) is 5.69 Å². The van der Waals surface area contributed by atoms with Crippen LogP contribution in [0.25, 0.3) is 11.1 Å². The number of anilines is 1. The molecule has 0 atom stereocenters. The van der Waals surface area contributed by atoms with E-state index in [-0.39, 0.29) is 5.41 Å². The Bertz CT molecular complexity index is 507. The normalized spacial score (nSPS) is 11.5. The highest BCUT2D eigenvalue weighted by atomic mass is 14.6. The molecule has 0 fully saturated rings. The summed E-state index contributed by atoms with van der Waals surface area (Å²) in [7, 11) is 0. The van der Waals surface area contributed by atoms with Gasteiger partial charge in [0, 0.05) is 11.3 Å². The van der Waals surface area contributed by atoms with Crippen molar-refractivity contribution in [2.75, 3.05) is 5.73 Å². The number of hydrogen-bond acceptors (Lipinski definition) is 1. The van der Waals surface area contributed by atoms with Crippen molar-refractivity contribution in [3.05, 3.63) is 54.1 Å². The van der Waals surface area contributed by atoms with Crippen LogP contribution >= 0.6 is 0 Å². The second kappa shape index (κ2) is 4.25. The Morgan fingerprint density at radius 1 is 0.824 bits per heavy atom. The molecule has 0 saturated carbocycles. The summed E-state index contributed by atoms with van der Waals surface area (Å²) >= 11 is 0. The van der Waals surface area contributed by atoms with E-state index in [0.29, 0.717) is 0 Å². The molecule has 0 aliphatic heterocycles. The van der Waals surface area contributed by atoms with Gasteiger partial charge in [-0.05, 0) is 16.5 Å². The van der Waals surface area contributed by atoms with Crippen LogP contribution in [0.5, 0.6) is 0 Å². The first-order valence-corrected chi connectivity index (χ1v) is 5.94. The fourth-order valence-corrected chi connectivity index (χ4v) is 2.09. The molecule has 0 aliphatic rings. The molecule has 0 aromatic heterocycles. The topological polar surface area (TPSA) is 26.0 Å². The number of hydrogen-bond donors (Lipinski definition) is 1. The van der Waals surface area contributed by atoms with Gasteiger partial charge in [-0.2, -0.15) is 0 Å². The van der Waals surface area contributed by atoms with Crippen molar-refractivity contribution in [3.63, 3.8) is 0 Å². The minimum absolute atomic E-state index is 0.0782. The molecular formula is C16H19N. The summed E-state index contributed by atoms with van der Waals surface area (Å²) in [6.07, 6.45) is 0. The van der Waals surface area contributed by atoms with Gasteiger partial charge in [-0.15, -0.1) is 0 Å². The minimum Gasteiger partial charge on any atom is -0.398 e. The van der Waals surface area contributed by atoms with E-state index in [4.69, 9.17) is 5.73 Å². The third-order valence-corrected chi connectivity index (χ3v) is 3.00. The molecule has 2 rings (SSSR count). The summed E-state index contributed by atoms with van der Waals surface area (Å²) in [5.74, 6) is 0. The van der Waals surface area contributed by atoms with Crippen LogP contribution in [0, 0.1) is 0 Å². The Morgan fingerprint density at radius 3 is 2.06 bits per heavy atom. The van der Waals surface area contributed by atoms with Gasteiger partial charge in [0.25, 0.3) is 0 Å². The standard InChI is InChI=1S/C16H19N/c1-16(2,3)14-11-7-10-13(15(14)17)12-8-5-4-6-9-12/h4-11H,17H2,1-3H3. The molecule has 0 saturated heterocycles. The van der Waals surface area contributed by atoms with Gasteiger partial charge in [0.2, 0.25) is 0 Å². The molecule has 2 aromatic rings. The molecule has 0 aliphatic carbocycles. The van der Waals surface area contributed by atoms with Crippen LogP contribution in [0.2, 0.25) is 0 Å². The van der Waals surface area contributed by atoms with E-state index in [9.17, 15) is 0 Å². The number of benzene rings is 2. The van der Waals surface area contributed by atoms with Crippen LogP contribution in [0.3, 0.4) is 0 Å². The van der Waals surface area contributed by atoms with Crippen molar-refractivity contribution < 1.29 is 0 Å². The predicted molar refractivity (Wildman–Crippen MR) is 75.0 cm³/mol. The SMILES string of the molecule is CC(C)(C)c1cccc(-c2ccccc2)c1N. The lowest BCUT2D eigenvalue weighted by atomic mass is 9.84. The molecule has 2 aromatic carbocycles. The van der Waals surface area contributed by atoms with Crippen LogP contribution in [0.15, 0.2) is 48.5 Å². The highest BCUT2D eigenvalue weighted by Crippen LogP contribution is 2.34. The van der Waals surface area contributed by atoms with Gasteiger partial charge in [-0.25, -0.2) is 0 Å². The van der Waals surface area contributed by atoms with Gasteiger partial charge in [0.1, 0.15) is 0 Å². The monoisotopic (exact) mass is 225 g/mol. The van der Waals surface area contributed by atoms with E-state index in [1.165, 1.54) is 11.1 Å². The smallest absolute Gasteiger partial charge is 0.0431 e. The van der Waals surface area contributed by atoms with Gasteiger partial charge < -0.3 is 5.73 Å². The van der Waals surface area contributed by atoms with E-state index >= 15 is 0 Å². The van der Waals surface area contributed by atoms with E-state index in [0.717, 1.165) is 11.3 Å². The van der Waals surface area contributed by atoms with Gasteiger partial charge in [0.15, 0.2) is 0 Å². The highest BCUT2D eigenvalue weighted by molar-refractivity contribution is 5.79. The second-order valence-corrected chi connectivity index (χ2v) is 5.38.